The molecule has 0 aliphatic heterocycles. The van der Waals surface area contributed by atoms with Crippen molar-refractivity contribution in [2.75, 3.05) is 6.16 Å². The van der Waals surface area contributed by atoms with Crippen LogP contribution < -0.4 is 4.89 Å². The summed E-state index contributed by atoms with van der Waals surface area (Å²) in [6, 6.07) is 0. The monoisotopic (exact) mass is 170 g/mol. The number of hydrogen-bond acceptors (Lipinski definition) is 2. The van der Waals surface area contributed by atoms with Gasteiger partial charge < -0.3 is 4.89 Å². The number of hydrogen-bond donors (Lipinski definition) is 0. The van der Waals surface area contributed by atoms with Crippen LogP contribution in [-0.4, -0.2) is 6.16 Å². The molecule has 2 unspecified atom stereocenters. The molecule has 1 aliphatic rings. The number of rotatable bonds is 3. The largest absolute Gasteiger partial charge is 0.596 e. The zero-order chi connectivity index (χ0) is 8.27. The molecule has 3 heteroatoms. The van der Waals surface area contributed by atoms with E-state index in [4.69, 9.17) is 0 Å². The molecule has 1 aliphatic carbocycles. The van der Waals surface area contributed by atoms with Crippen LogP contribution in [0.1, 0.15) is 13.3 Å². The lowest BCUT2D eigenvalue weighted by Gasteiger charge is -2.04. The van der Waals surface area contributed by atoms with Crippen LogP contribution in [0, 0.1) is 5.92 Å². The summed E-state index contributed by atoms with van der Waals surface area (Å²) in [7, 11) is -2.23. The quantitative estimate of drug-likeness (QED) is 0.603. The molecule has 2 atom stereocenters. The second-order valence-corrected chi connectivity index (χ2v) is 3.79. The molecule has 1 rings (SSSR count). The standard InChI is InChI=1S/C8H11O2P/c1-7(6-11(9)10)8-4-2-3-5-8/h2,4-5,7H,3,6H2,1H3. The van der Waals surface area contributed by atoms with E-state index >= 15 is 0 Å². The van der Waals surface area contributed by atoms with Crippen LogP contribution in [0.25, 0.3) is 0 Å². The van der Waals surface area contributed by atoms with Gasteiger partial charge in [0.2, 0.25) is 0 Å². The van der Waals surface area contributed by atoms with Crippen LogP contribution in [-0.2, 0) is 4.57 Å². The van der Waals surface area contributed by atoms with Crippen molar-refractivity contribution >= 4 is 8.03 Å². The average molecular weight is 170 g/mol. The van der Waals surface area contributed by atoms with Crippen LogP contribution in [0.3, 0.4) is 0 Å². The molecular weight excluding hydrogens is 159 g/mol. The van der Waals surface area contributed by atoms with Crippen LogP contribution >= 0.6 is 8.03 Å². The van der Waals surface area contributed by atoms with E-state index in [1.54, 1.807) is 0 Å². The van der Waals surface area contributed by atoms with Gasteiger partial charge in [-0.1, -0.05) is 29.7 Å². The summed E-state index contributed by atoms with van der Waals surface area (Å²) in [4.78, 5) is 10.4. The summed E-state index contributed by atoms with van der Waals surface area (Å²) in [6.07, 6.45) is 7.34. The van der Waals surface area contributed by atoms with Crippen LogP contribution in [0.5, 0.6) is 0 Å². The lowest BCUT2D eigenvalue weighted by molar-refractivity contribution is -0.164. The number of allylic oxidation sites excluding steroid dienone is 4. The predicted octanol–water partition coefficient (Wildman–Crippen LogP) is 1.61. The molecule has 0 saturated carbocycles. The lowest BCUT2D eigenvalue weighted by atomic mass is 10.1. The van der Waals surface area contributed by atoms with Gasteiger partial charge in [-0.05, 0) is 12.0 Å². The molecule has 0 fully saturated rings. The Labute approximate surface area is 67.5 Å². The van der Waals surface area contributed by atoms with E-state index in [9.17, 15) is 9.46 Å². The average Bonchev–Trinajstić information content (AvgIpc) is 2.35. The third-order valence-corrected chi connectivity index (χ3v) is 2.64. The van der Waals surface area contributed by atoms with Gasteiger partial charge in [-0.25, -0.2) is 0 Å². The molecule has 0 heterocycles. The second kappa shape index (κ2) is 3.80. The molecule has 0 radical (unpaired) electrons. The minimum atomic E-state index is -2.23. The molecule has 0 bridgehead atoms. The maximum Gasteiger partial charge on any atom is 0.309 e. The Kier molecular flexibility index (Phi) is 2.98. The molecule has 0 aromatic carbocycles. The van der Waals surface area contributed by atoms with Crippen molar-refractivity contribution in [1.82, 2.24) is 0 Å². The fourth-order valence-corrected chi connectivity index (χ4v) is 1.83. The highest BCUT2D eigenvalue weighted by atomic mass is 31.1. The molecular formula is C8H11O2P. The van der Waals surface area contributed by atoms with E-state index < -0.39 is 8.03 Å². The first kappa shape index (κ1) is 8.63. The minimum absolute atomic E-state index is 0.162. The van der Waals surface area contributed by atoms with Crippen molar-refractivity contribution < 1.29 is 9.46 Å². The predicted molar refractivity (Wildman–Crippen MR) is 43.5 cm³/mol. The van der Waals surface area contributed by atoms with Gasteiger partial charge in [0.15, 0.2) is 0 Å². The molecule has 0 N–H and O–H groups in total. The fraction of sp³-hybridized carbons (Fsp3) is 0.500. The van der Waals surface area contributed by atoms with E-state index in [0.29, 0.717) is 0 Å². The highest BCUT2D eigenvalue weighted by molar-refractivity contribution is 7.36. The lowest BCUT2D eigenvalue weighted by Crippen LogP contribution is -2.03. The minimum Gasteiger partial charge on any atom is -0.596 e. The summed E-state index contributed by atoms with van der Waals surface area (Å²) < 4.78 is 10.4. The molecule has 0 amide bonds. The topological polar surface area (TPSA) is 40.1 Å². The van der Waals surface area contributed by atoms with Gasteiger partial charge in [0, 0.05) is 5.92 Å². The van der Waals surface area contributed by atoms with Crippen molar-refractivity contribution in [2.45, 2.75) is 13.3 Å². The molecule has 60 valence electrons. The van der Waals surface area contributed by atoms with Crippen molar-refractivity contribution in [3.8, 4) is 0 Å². The summed E-state index contributed by atoms with van der Waals surface area (Å²) >= 11 is 0. The van der Waals surface area contributed by atoms with Crippen molar-refractivity contribution in [3.63, 3.8) is 0 Å². The smallest absolute Gasteiger partial charge is 0.309 e. The summed E-state index contributed by atoms with van der Waals surface area (Å²) in [6.45, 7) is 1.94. The summed E-state index contributed by atoms with van der Waals surface area (Å²) in [5.41, 5.74) is 1.16. The summed E-state index contributed by atoms with van der Waals surface area (Å²) in [5.74, 6) is 0.162. The Hall–Kier alpha value is -0.460. The third kappa shape index (κ3) is 2.57. The zero-order valence-electron chi connectivity index (χ0n) is 6.49. The van der Waals surface area contributed by atoms with Crippen LogP contribution in [0.15, 0.2) is 23.8 Å². The van der Waals surface area contributed by atoms with E-state index in [1.807, 2.05) is 19.1 Å². The van der Waals surface area contributed by atoms with Gasteiger partial charge in [-0.15, -0.1) is 0 Å². The van der Waals surface area contributed by atoms with E-state index in [1.165, 1.54) is 0 Å². The van der Waals surface area contributed by atoms with Gasteiger partial charge in [0.05, 0.1) is 0 Å². The Bertz CT molecular complexity index is 218. The van der Waals surface area contributed by atoms with E-state index in [0.717, 1.165) is 12.0 Å². The Morgan fingerprint density at radius 3 is 3.00 bits per heavy atom. The highest BCUT2D eigenvalue weighted by Gasteiger charge is 2.14. The summed E-state index contributed by atoms with van der Waals surface area (Å²) in [5, 5.41) is 0. The molecule has 0 saturated heterocycles. The molecule has 2 nitrogen and oxygen atoms in total. The maximum absolute atomic E-state index is 10.4. The van der Waals surface area contributed by atoms with E-state index in [-0.39, 0.29) is 12.1 Å². The first-order chi connectivity index (χ1) is 5.20. The normalized spacial score (nSPS) is 19.8. The second-order valence-electron chi connectivity index (χ2n) is 2.76. The SMILES string of the molecule is CC(C[P+](=O)[O-])C1=CCC=C1. The fourth-order valence-electron chi connectivity index (χ4n) is 1.17. The zero-order valence-corrected chi connectivity index (χ0v) is 7.38. The van der Waals surface area contributed by atoms with Crippen LogP contribution in [0.4, 0.5) is 0 Å². The van der Waals surface area contributed by atoms with Gasteiger partial charge in [-0.2, -0.15) is 0 Å². The van der Waals surface area contributed by atoms with Crippen molar-refractivity contribution in [3.05, 3.63) is 23.8 Å². The molecule has 0 aromatic rings. The van der Waals surface area contributed by atoms with Crippen molar-refractivity contribution in [1.29, 1.82) is 0 Å². The van der Waals surface area contributed by atoms with Crippen LogP contribution in [0.2, 0.25) is 0 Å². The molecule has 0 spiro atoms. The van der Waals surface area contributed by atoms with E-state index in [2.05, 4.69) is 6.08 Å². The van der Waals surface area contributed by atoms with Gasteiger partial charge in [0.25, 0.3) is 0 Å². The highest BCUT2D eigenvalue weighted by Crippen LogP contribution is 2.24. The Morgan fingerprint density at radius 2 is 2.55 bits per heavy atom. The third-order valence-electron chi connectivity index (χ3n) is 1.79. The maximum atomic E-state index is 10.4. The first-order valence-corrected chi connectivity index (χ1v) is 5.05. The van der Waals surface area contributed by atoms with Gasteiger partial charge in [-0.3, -0.25) is 0 Å². The van der Waals surface area contributed by atoms with Gasteiger partial charge >= 0.3 is 8.03 Å². The van der Waals surface area contributed by atoms with Gasteiger partial charge in [0.1, 0.15) is 6.16 Å². The molecule has 11 heavy (non-hydrogen) atoms. The Balaban J connectivity index is 2.47. The van der Waals surface area contributed by atoms with Crippen molar-refractivity contribution in [2.24, 2.45) is 5.92 Å². The molecule has 0 aromatic heterocycles. The first-order valence-electron chi connectivity index (χ1n) is 3.68. The Morgan fingerprint density at radius 1 is 1.82 bits per heavy atom.